The average molecular weight is 194 g/mol. The van der Waals surface area contributed by atoms with Crippen LogP contribution in [0.5, 0.6) is 0 Å². The summed E-state index contributed by atoms with van der Waals surface area (Å²) >= 11 is 0. The van der Waals surface area contributed by atoms with E-state index in [2.05, 4.69) is 4.90 Å². The van der Waals surface area contributed by atoms with Gasteiger partial charge >= 0.3 is 0 Å². The van der Waals surface area contributed by atoms with Crippen LogP contribution in [-0.2, 0) is 0 Å². The molecule has 3 rings (SSSR count). The minimum atomic E-state index is 0.800. The molecule has 0 aromatic carbocycles. The highest BCUT2D eigenvalue weighted by molar-refractivity contribution is 4.97. The molecule has 2 aliphatic carbocycles. The quantitative estimate of drug-likeness (QED) is 0.721. The van der Waals surface area contributed by atoms with Gasteiger partial charge in [0.1, 0.15) is 0 Å². The summed E-state index contributed by atoms with van der Waals surface area (Å²) in [6, 6.07) is 0.949. The van der Waals surface area contributed by atoms with Crippen LogP contribution in [0.4, 0.5) is 0 Å². The lowest BCUT2D eigenvalue weighted by Crippen LogP contribution is -2.37. The Hall–Kier alpha value is -0.0800. The fraction of sp³-hybridized carbons (Fsp3) is 1.00. The smallest absolute Gasteiger partial charge is 0.0126 e. The standard InChI is InChI=1S/C12H22N2/c13-7-10-3-4-14(8-10)12-6-9-1-2-11(12)5-9/h9-12H,1-8,13H2. The second kappa shape index (κ2) is 3.49. The molecule has 2 N–H and O–H groups in total. The Kier molecular flexibility index (Phi) is 2.29. The van der Waals surface area contributed by atoms with Crippen molar-refractivity contribution in [3.8, 4) is 0 Å². The summed E-state index contributed by atoms with van der Waals surface area (Å²) in [6.07, 6.45) is 7.43. The molecule has 1 saturated heterocycles. The second-order valence-corrected chi connectivity index (χ2v) is 5.63. The van der Waals surface area contributed by atoms with E-state index in [9.17, 15) is 0 Å². The molecule has 2 heteroatoms. The molecule has 4 unspecified atom stereocenters. The Labute approximate surface area is 86.8 Å². The molecule has 4 atom stereocenters. The summed E-state index contributed by atoms with van der Waals surface area (Å²) in [5, 5.41) is 0. The molecule has 14 heavy (non-hydrogen) atoms. The van der Waals surface area contributed by atoms with Gasteiger partial charge in [-0.2, -0.15) is 0 Å². The van der Waals surface area contributed by atoms with Crippen LogP contribution in [0, 0.1) is 17.8 Å². The van der Waals surface area contributed by atoms with E-state index in [1.165, 1.54) is 45.2 Å². The fourth-order valence-electron chi connectivity index (χ4n) is 4.01. The monoisotopic (exact) mass is 194 g/mol. The second-order valence-electron chi connectivity index (χ2n) is 5.63. The zero-order chi connectivity index (χ0) is 9.54. The third-order valence-corrected chi connectivity index (χ3v) is 4.82. The molecule has 0 spiro atoms. The van der Waals surface area contributed by atoms with Crippen LogP contribution in [0.1, 0.15) is 32.1 Å². The summed E-state index contributed by atoms with van der Waals surface area (Å²) in [5.41, 5.74) is 5.74. The average Bonchev–Trinajstić information content (AvgIpc) is 2.93. The topological polar surface area (TPSA) is 29.3 Å². The fourth-order valence-corrected chi connectivity index (χ4v) is 4.01. The lowest BCUT2D eigenvalue weighted by atomic mass is 9.94. The van der Waals surface area contributed by atoms with Gasteiger partial charge in [0, 0.05) is 12.6 Å². The minimum Gasteiger partial charge on any atom is -0.330 e. The number of nitrogens with two attached hydrogens (primary N) is 1. The van der Waals surface area contributed by atoms with Crippen LogP contribution >= 0.6 is 0 Å². The van der Waals surface area contributed by atoms with E-state index in [4.69, 9.17) is 5.73 Å². The van der Waals surface area contributed by atoms with E-state index in [-0.39, 0.29) is 0 Å². The zero-order valence-corrected chi connectivity index (χ0v) is 8.99. The Morgan fingerprint density at radius 1 is 1.14 bits per heavy atom. The predicted molar refractivity (Wildman–Crippen MR) is 58.0 cm³/mol. The van der Waals surface area contributed by atoms with Crippen LogP contribution in [0.2, 0.25) is 0 Å². The number of fused-ring (bicyclic) bond motifs is 2. The van der Waals surface area contributed by atoms with E-state index in [1.807, 2.05) is 0 Å². The number of likely N-dealkylation sites (tertiary alicyclic amines) is 1. The number of hydrogen-bond donors (Lipinski definition) is 1. The van der Waals surface area contributed by atoms with Crippen LogP contribution in [0.3, 0.4) is 0 Å². The summed E-state index contributed by atoms with van der Waals surface area (Å²) < 4.78 is 0. The van der Waals surface area contributed by atoms with E-state index in [1.54, 1.807) is 0 Å². The van der Waals surface area contributed by atoms with Gasteiger partial charge in [-0.25, -0.2) is 0 Å². The summed E-state index contributed by atoms with van der Waals surface area (Å²) in [7, 11) is 0. The molecule has 2 nitrogen and oxygen atoms in total. The van der Waals surface area contributed by atoms with Gasteiger partial charge < -0.3 is 5.73 Å². The Morgan fingerprint density at radius 2 is 2.07 bits per heavy atom. The first kappa shape index (κ1) is 9.17. The maximum absolute atomic E-state index is 5.74. The molecule has 2 saturated carbocycles. The number of rotatable bonds is 2. The predicted octanol–water partition coefficient (Wildman–Crippen LogP) is 1.46. The SMILES string of the molecule is NCC1CCN(C2CC3CCC2C3)C1. The van der Waals surface area contributed by atoms with Gasteiger partial charge in [0.2, 0.25) is 0 Å². The van der Waals surface area contributed by atoms with Gasteiger partial charge in [0.05, 0.1) is 0 Å². The van der Waals surface area contributed by atoms with E-state index in [0.29, 0.717) is 0 Å². The van der Waals surface area contributed by atoms with Crippen molar-refractivity contribution in [2.75, 3.05) is 19.6 Å². The molecule has 2 bridgehead atoms. The van der Waals surface area contributed by atoms with Crippen LogP contribution in [0.25, 0.3) is 0 Å². The summed E-state index contributed by atoms with van der Waals surface area (Å²) in [4.78, 5) is 2.75. The Bertz CT molecular complexity index is 216. The lowest BCUT2D eigenvalue weighted by molar-refractivity contribution is 0.170. The van der Waals surface area contributed by atoms with Crippen molar-refractivity contribution in [1.29, 1.82) is 0 Å². The van der Waals surface area contributed by atoms with Gasteiger partial charge in [-0.1, -0.05) is 6.42 Å². The molecule has 0 aromatic rings. The van der Waals surface area contributed by atoms with E-state index in [0.717, 1.165) is 30.3 Å². The van der Waals surface area contributed by atoms with Crippen molar-refractivity contribution in [2.24, 2.45) is 23.5 Å². The number of hydrogen-bond acceptors (Lipinski definition) is 2. The lowest BCUT2D eigenvalue weighted by Gasteiger charge is -2.31. The molecule has 3 fully saturated rings. The van der Waals surface area contributed by atoms with Crippen molar-refractivity contribution in [3.63, 3.8) is 0 Å². The van der Waals surface area contributed by atoms with Crippen molar-refractivity contribution < 1.29 is 0 Å². The van der Waals surface area contributed by atoms with Crippen molar-refractivity contribution in [3.05, 3.63) is 0 Å². The first-order valence-corrected chi connectivity index (χ1v) is 6.31. The van der Waals surface area contributed by atoms with E-state index < -0.39 is 0 Å². The molecule has 3 aliphatic rings. The maximum Gasteiger partial charge on any atom is 0.0126 e. The van der Waals surface area contributed by atoms with Gasteiger partial charge in [-0.15, -0.1) is 0 Å². The third kappa shape index (κ3) is 1.40. The van der Waals surface area contributed by atoms with Gasteiger partial charge in [0.25, 0.3) is 0 Å². The van der Waals surface area contributed by atoms with Crippen LogP contribution in [-0.4, -0.2) is 30.6 Å². The highest BCUT2D eigenvalue weighted by Gasteiger charge is 2.43. The van der Waals surface area contributed by atoms with Crippen LogP contribution in [0.15, 0.2) is 0 Å². The van der Waals surface area contributed by atoms with E-state index >= 15 is 0 Å². The van der Waals surface area contributed by atoms with Crippen molar-refractivity contribution >= 4 is 0 Å². The third-order valence-electron chi connectivity index (χ3n) is 4.82. The number of nitrogens with zero attached hydrogens (tertiary/aromatic N) is 1. The highest BCUT2D eigenvalue weighted by Crippen LogP contribution is 2.47. The van der Waals surface area contributed by atoms with Crippen molar-refractivity contribution in [2.45, 2.75) is 38.1 Å². The normalized spacial score (nSPS) is 47.8. The van der Waals surface area contributed by atoms with Gasteiger partial charge in [-0.05, 0) is 56.5 Å². The van der Waals surface area contributed by atoms with Crippen molar-refractivity contribution in [1.82, 2.24) is 4.90 Å². The molecule has 80 valence electrons. The Balaban J connectivity index is 1.62. The molecular formula is C12H22N2. The summed E-state index contributed by atoms with van der Waals surface area (Å²) in [5.74, 6) is 2.94. The largest absolute Gasteiger partial charge is 0.330 e. The molecule has 0 aromatic heterocycles. The highest BCUT2D eigenvalue weighted by atomic mass is 15.2. The first-order chi connectivity index (χ1) is 6.86. The zero-order valence-electron chi connectivity index (χ0n) is 8.99. The molecule has 0 amide bonds. The van der Waals surface area contributed by atoms with Crippen LogP contribution < -0.4 is 5.73 Å². The molecular weight excluding hydrogens is 172 g/mol. The summed E-state index contributed by atoms with van der Waals surface area (Å²) in [6.45, 7) is 3.53. The molecule has 1 aliphatic heterocycles. The van der Waals surface area contributed by atoms with Gasteiger partial charge in [0.15, 0.2) is 0 Å². The first-order valence-electron chi connectivity index (χ1n) is 6.31. The Morgan fingerprint density at radius 3 is 2.64 bits per heavy atom. The molecule has 0 radical (unpaired) electrons. The maximum atomic E-state index is 5.74. The van der Waals surface area contributed by atoms with Gasteiger partial charge in [-0.3, -0.25) is 4.90 Å². The molecule has 1 heterocycles. The minimum absolute atomic E-state index is 0.800.